The fourth-order valence-corrected chi connectivity index (χ4v) is 6.84. The molecule has 6 rings (SSSR count). The van der Waals surface area contributed by atoms with Crippen molar-refractivity contribution in [1.82, 2.24) is 9.88 Å². The Balaban J connectivity index is 1.65. The number of methoxy groups -OCH3 is 1. The van der Waals surface area contributed by atoms with E-state index in [1.807, 2.05) is 30.3 Å². The number of pyridine rings is 1. The van der Waals surface area contributed by atoms with Gasteiger partial charge in [-0.2, -0.15) is 5.26 Å². The van der Waals surface area contributed by atoms with Gasteiger partial charge in [-0.25, -0.2) is 13.8 Å². The number of nitrogens with zero attached hydrogens (tertiary/aromatic N) is 3. The molecule has 7 nitrogen and oxygen atoms in total. The van der Waals surface area contributed by atoms with Crippen LogP contribution in [0.3, 0.4) is 0 Å². The third-order valence-corrected chi connectivity index (χ3v) is 8.21. The Morgan fingerprint density at radius 3 is 2.53 bits per heavy atom. The van der Waals surface area contributed by atoms with E-state index in [4.69, 9.17) is 21.1 Å². The minimum absolute atomic E-state index is 0.0340. The van der Waals surface area contributed by atoms with Gasteiger partial charge in [-0.05, 0) is 11.6 Å². The fourth-order valence-electron chi connectivity index (χ4n) is 6.66. The van der Waals surface area contributed by atoms with Crippen LogP contribution >= 0.6 is 11.6 Å². The first-order valence-corrected chi connectivity index (χ1v) is 12.5. The van der Waals surface area contributed by atoms with Gasteiger partial charge < -0.3 is 19.7 Å². The molecule has 0 spiro atoms. The van der Waals surface area contributed by atoms with Crippen LogP contribution in [0, 0.1) is 17.2 Å². The van der Waals surface area contributed by atoms with Crippen LogP contribution in [0.4, 0.5) is 8.78 Å². The average Bonchev–Trinajstić information content (AvgIpc) is 3.25. The molecule has 1 saturated carbocycles. The van der Waals surface area contributed by atoms with Crippen molar-refractivity contribution in [3.63, 3.8) is 0 Å². The molecule has 1 aliphatic carbocycles. The summed E-state index contributed by atoms with van der Waals surface area (Å²) in [5, 5.41) is 34.9. The second kappa shape index (κ2) is 8.61. The molecule has 2 aromatic carbocycles. The Bertz CT molecular complexity index is 1440. The predicted octanol–water partition coefficient (Wildman–Crippen LogP) is 3.82. The summed E-state index contributed by atoms with van der Waals surface area (Å²) in [4.78, 5) is 5.77. The van der Waals surface area contributed by atoms with E-state index in [1.54, 1.807) is 29.2 Å². The van der Waals surface area contributed by atoms with Gasteiger partial charge in [-0.15, -0.1) is 0 Å². The highest BCUT2D eigenvalue weighted by atomic mass is 35.5. The summed E-state index contributed by atoms with van der Waals surface area (Å²) in [6.07, 6.45) is -1.51. The van der Waals surface area contributed by atoms with E-state index in [0.717, 1.165) is 0 Å². The molecule has 3 heterocycles. The molecule has 1 saturated heterocycles. The molecule has 2 N–H and O–H groups in total. The average molecular weight is 540 g/mol. The molecule has 2 fully saturated rings. The lowest BCUT2D eigenvalue weighted by molar-refractivity contribution is -0.157. The van der Waals surface area contributed by atoms with Crippen molar-refractivity contribution >= 4 is 11.6 Å². The van der Waals surface area contributed by atoms with Gasteiger partial charge in [0.25, 0.3) is 5.92 Å². The van der Waals surface area contributed by atoms with Crippen LogP contribution in [0.25, 0.3) is 0 Å². The Labute approximate surface area is 222 Å². The number of aromatic nitrogens is 1. The van der Waals surface area contributed by atoms with Crippen molar-refractivity contribution in [2.45, 2.75) is 29.1 Å². The number of aliphatic hydroxyl groups is 2. The van der Waals surface area contributed by atoms with E-state index in [1.165, 1.54) is 13.2 Å². The molecule has 0 bridgehead atoms. The minimum Gasteiger partial charge on any atom is -0.481 e. The summed E-state index contributed by atoms with van der Waals surface area (Å²) in [5.41, 5.74) is -2.51. The molecule has 0 unspecified atom stereocenters. The zero-order valence-corrected chi connectivity index (χ0v) is 21.1. The molecule has 1 aromatic heterocycles. The Morgan fingerprint density at radius 2 is 1.87 bits per heavy atom. The lowest BCUT2D eigenvalue weighted by atomic mass is 9.69. The van der Waals surface area contributed by atoms with Crippen LogP contribution in [0.2, 0.25) is 5.15 Å². The van der Waals surface area contributed by atoms with Crippen LogP contribution in [0.1, 0.15) is 28.2 Å². The number of aliphatic hydroxyl groups excluding tert-OH is 1. The minimum atomic E-state index is -2.81. The Morgan fingerprint density at radius 1 is 1.18 bits per heavy atom. The molecule has 5 atom stereocenters. The van der Waals surface area contributed by atoms with Gasteiger partial charge in [-0.3, -0.25) is 4.90 Å². The molecule has 196 valence electrons. The van der Waals surface area contributed by atoms with Gasteiger partial charge in [0.2, 0.25) is 5.88 Å². The standard InChI is InChI=1S/C28H24ClF2N3O4/c1-37-25-23-20(11-21(29)33-25)38-28(19-10-6-5-9-17(19)12-32)22(16-7-3-2-4-8-16)18(24(35)27(23,28)36)13-34-14-26(30,31)15-34/h2-11,18,22,24,35-36H,13-15H2,1H3/t18-,22-,24-,27+,28+/m1/s1. The number of alkyl halides is 2. The maximum absolute atomic E-state index is 13.8. The highest BCUT2D eigenvalue weighted by molar-refractivity contribution is 6.29. The molecular formula is C28H24ClF2N3O4. The van der Waals surface area contributed by atoms with Crippen LogP contribution in [-0.2, 0) is 11.2 Å². The summed E-state index contributed by atoms with van der Waals surface area (Å²) in [5.74, 6) is -4.21. The molecule has 3 aliphatic rings. The van der Waals surface area contributed by atoms with Crippen LogP contribution in [0.15, 0.2) is 60.7 Å². The maximum atomic E-state index is 13.8. The predicted molar refractivity (Wildman–Crippen MR) is 133 cm³/mol. The number of halogens is 3. The van der Waals surface area contributed by atoms with Gasteiger partial charge in [0.15, 0.2) is 11.2 Å². The van der Waals surface area contributed by atoms with Crippen molar-refractivity contribution in [3.8, 4) is 17.7 Å². The van der Waals surface area contributed by atoms with Crippen LogP contribution < -0.4 is 9.47 Å². The molecule has 10 heteroatoms. The van der Waals surface area contributed by atoms with Gasteiger partial charge >= 0.3 is 0 Å². The number of hydrogen-bond donors (Lipinski definition) is 2. The smallest absolute Gasteiger partial charge is 0.272 e. The van der Waals surface area contributed by atoms with Crippen LogP contribution in [0.5, 0.6) is 11.6 Å². The summed E-state index contributed by atoms with van der Waals surface area (Å²) >= 11 is 6.25. The summed E-state index contributed by atoms with van der Waals surface area (Å²) in [6.45, 7) is -0.830. The fraction of sp³-hybridized carbons (Fsp3) is 0.357. The zero-order chi connectivity index (χ0) is 26.9. The monoisotopic (exact) mass is 539 g/mol. The maximum Gasteiger partial charge on any atom is 0.272 e. The molecule has 2 aliphatic heterocycles. The lowest BCUT2D eigenvalue weighted by Crippen LogP contribution is -2.58. The van der Waals surface area contributed by atoms with Crippen molar-refractivity contribution < 1.29 is 28.5 Å². The first-order valence-electron chi connectivity index (χ1n) is 12.2. The molecular weight excluding hydrogens is 516 g/mol. The number of ether oxygens (including phenoxy) is 2. The van der Waals surface area contributed by atoms with E-state index >= 15 is 0 Å². The third kappa shape index (κ3) is 3.31. The van der Waals surface area contributed by atoms with Gasteiger partial charge in [0.1, 0.15) is 10.9 Å². The summed E-state index contributed by atoms with van der Waals surface area (Å²) in [6, 6.07) is 19.5. The quantitative estimate of drug-likeness (QED) is 0.476. The number of likely N-dealkylation sites (tertiary alicyclic amines) is 1. The second-order valence-corrected chi connectivity index (χ2v) is 10.5. The van der Waals surface area contributed by atoms with E-state index in [9.17, 15) is 24.3 Å². The van der Waals surface area contributed by atoms with Gasteiger partial charge in [0.05, 0.1) is 43.5 Å². The zero-order valence-electron chi connectivity index (χ0n) is 20.3. The Hall–Kier alpha value is -3.29. The van der Waals surface area contributed by atoms with Gasteiger partial charge in [0, 0.05) is 30.0 Å². The largest absolute Gasteiger partial charge is 0.481 e. The van der Waals surface area contributed by atoms with Crippen molar-refractivity contribution in [2.24, 2.45) is 5.92 Å². The molecule has 3 aromatic rings. The van der Waals surface area contributed by atoms with E-state index in [-0.39, 0.29) is 34.5 Å². The highest BCUT2D eigenvalue weighted by Gasteiger charge is 2.77. The first-order chi connectivity index (χ1) is 18.2. The number of benzene rings is 2. The SMILES string of the molecule is COc1nc(Cl)cc2c1[C@]1(O)[C@H](O)[C@H](CN3CC(F)(F)C3)[C@@H](c3ccccc3)[C@]1(c1ccccc1C#N)O2. The molecule has 0 radical (unpaired) electrons. The second-order valence-electron chi connectivity index (χ2n) is 10.1. The first kappa shape index (κ1) is 25.0. The van der Waals surface area contributed by atoms with Crippen molar-refractivity contribution in [2.75, 3.05) is 26.7 Å². The highest BCUT2D eigenvalue weighted by Crippen LogP contribution is 2.70. The molecule has 38 heavy (non-hydrogen) atoms. The number of hydrogen-bond acceptors (Lipinski definition) is 7. The number of fused-ring (bicyclic) bond motifs is 3. The normalized spacial score (nSPS) is 31.0. The molecule has 0 amide bonds. The lowest BCUT2D eigenvalue weighted by Gasteiger charge is -2.43. The number of rotatable bonds is 5. The van der Waals surface area contributed by atoms with Crippen molar-refractivity contribution in [1.29, 1.82) is 5.26 Å². The van der Waals surface area contributed by atoms with E-state index < -0.39 is 48.2 Å². The van der Waals surface area contributed by atoms with Gasteiger partial charge in [-0.1, -0.05) is 60.1 Å². The topological polar surface area (TPSA) is 98.8 Å². The Kier molecular flexibility index (Phi) is 5.67. The third-order valence-electron chi connectivity index (χ3n) is 8.02. The van der Waals surface area contributed by atoms with E-state index in [2.05, 4.69) is 11.1 Å². The van der Waals surface area contributed by atoms with E-state index in [0.29, 0.717) is 11.1 Å². The summed E-state index contributed by atoms with van der Waals surface area (Å²) < 4.78 is 39.8. The van der Waals surface area contributed by atoms with Crippen LogP contribution in [-0.4, -0.2) is 58.9 Å². The number of nitriles is 1. The summed E-state index contributed by atoms with van der Waals surface area (Å²) in [7, 11) is 1.36. The van der Waals surface area contributed by atoms with Crippen molar-refractivity contribution in [3.05, 3.63) is 88.1 Å².